The standard InChI is InChI=1S/C24H25NO3S2/c1-4-12-25-23(26)22(30-24(25)29)16-19-8-10-20(11-9-19)27-13-5-14-28-21-15-17(2)6-7-18(21)3/h4,6-11,15-16H,1,5,12-14H2,2-3H3/b22-16-. The molecular weight excluding hydrogens is 414 g/mol. The third-order valence-corrected chi connectivity index (χ3v) is 5.90. The number of nitrogens with zero attached hydrogens (tertiary/aromatic N) is 1. The third-order valence-electron chi connectivity index (χ3n) is 4.52. The van der Waals surface area contributed by atoms with Gasteiger partial charge >= 0.3 is 0 Å². The van der Waals surface area contributed by atoms with Gasteiger partial charge in [-0.2, -0.15) is 0 Å². The van der Waals surface area contributed by atoms with Crippen molar-refractivity contribution in [2.24, 2.45) is 0 Å². The number of benzene rings is 2. The van der Waals surface area contributed by atoms with Crippen molar-refractivity contribution in [1.29, 1.82) is 0 Å². The zero-order chi connectivity index (χ0) is 21.5. The van der Waals surface area contributed by atoms with E-state index in [1.807, 2.05) is 37.3 Å². The Morgan fingerprint density at radius 2 is 1.83 bits per heavy atom. The van der Waals surface area contributed by atoms with Gasteiger partial charge in [-0.3, -0.25) is 9.69 Å². The van der Waals surface area contributed by atoms with Crippen LogP contribution in [0.1, 0.15) is 23.1 Å². The molecule has 1 aliphatic rings. The molecule has 1 amide bonds. The average molecular weight is 440 g/mol. The minimum atomic E-state index is -0.0749. The largest absolute Gasteiger partial charge is 0.493 e. The molecule has 4 nitrogen and oxygen atoms in total. The van der Waals surface area contributed by atoms with Crippen LogP contribution in [0.4, 0.5) is 0 Å². The molecule has 0 N–H and O–H groups in total. The van der Waals surface area contributed by atoms with E-state index in [0.29, 0.717) is 29.0 Å². The van der Waals surface area contributed by atoms with Crippen molar-refractivity contribution < 1.29 is 14.3 Å². The molecule has 156 valence electrons. The molecule has 30 heavy (non-hydrogen) atoms. The number of carbonyl (C=O) groups excluding carboxylic acids is 1. The van der Waals surface area contributed by atoms with Crippen molar-refractivity contribution in [2.75, 3.05) is 19.8 Å². The first-order valence-corrected chi connectivity index (χ1v) is 11.0. The molecule has 0 saturated carbocycles. The molecule has 1 saturated heterocycles. The molecule has 0 aromatic heterocycles. The first-order valence-electron chi connectivity index (χ1n) is 9.77. The van der Waals surface area contributed by atoms with Crippen LogP contribution in [-0.4, -0.2) is 34.9 Å². The molecule has 0 radical (unpaired) electrons. The number of thiocarbonyl (C=S) groups is 1. The molecule has 1 fully saturated rings. The van der Waals surface area contributed by atoms with Gasteiger partial charge in [0.05, 0.1) is 18.1 Å². The Morgan fingerprint density at radius 3 is 2.57 bits per heavy atom. The summed E-state index contributed by atoms with van der Waals surface area (Å²) in [6, 6.07) is 13.9. The predicted octanol–water partition coefficient (Wildman–Crippen LogP) is 5.54. The fourth-order valence-electron chi connectivity index (χ4n) is 2.89. The number of rotatable bonds is 9. The molecular formula is C24H25NO3S2. The smallest absolute Gasteiger partial charge is 0.266 e. The van der Waals surface area contributed by atoms with E-state index in [4.69, 9.17) is 21.7 Å². The Labute approximate surface area is 187 Å². The van der Waals surface area contributed by atoms with Gasteiger partial charge in [-0.15, -0.1) is 6.58 Å². The summed E-state index contributed by atoms with van der Waals surface area (Å²) < 4.78 is 12.2. The summed E-state index contributed by atoms with van der Waals surface area (Å²) in [5, 5.41) is 0. The van der Waals surface area contributed by atoms with Crippen LogP contribution < -0.4 is 9.47 Å². The SMILES string of the molecule is C=CCN1C(=O)/C(=C/c2ccc(OCCCOc3cc(C)ccc3C)cc2)SC1=S. The lowest BCUT2D eigenvalue weighted by Gasteiger charge is -2.11. The van der Waals surface area contributed by atoms with Crippen molar-refractivity contribution in [2.45, 2.75) is 20.3 Å². The number of aryl methyl sites for hydroxylation is 2. The molecule has 2 aromatic carbocycles. The van der Waals surface area contributed by atoms with E-state index in [2.05, 4.69) is 31.7 Å². The summed E-state index contributed by atoms with van der Waals surface area (Å²) in [6.07, 6.45) is 4.32. The summed E-state index contributed by atoms with van der Waals surface area (Å²) in [6.45, 7) is 9.38. The highest BCUT2D eigenvalue weighted by Gasteiger charge is 2.30. The average Bonchev–Trinajstić information content (AvgIpc) is 2.99. The van der Waals surface area contributed by atoms with E-state index in [9.17, 15) is 4.79 Å². The molecule has 0 unspecified atom stereocenters. The van der Waals surface area contributed by atoms with Crippen LogP contribution >= 0.6 is 24.0 Å². The summed E-state index contributed by atoms with van der Waals surface area (Å²) in [7, 11) is 0. The number of hydrogen-bond donors (Lipinski definition) is 0. The van der Waals surface area contributed by atoms with Gasteiger partial charge in [-0.1, -0.05) is 54.3 Å². The second kappa shape index (κ2) is 10.5. The van der Waals surface area contributed by atoms with Crippen LogP contribution in [-0.2, 0) is 4.79 Å². The highest BCUT2D eigenvalue weighted by molar-refractivity contribution is 8.26. The highest BCUT2D eigenvalue weighted by atomic mass is 32.2. The minimum Gasteiger partial charge on any atom is -0.493 e. The molecule has 1 heterocycles. The first-order chi connectivity index (χ1) is 14.5. The Bertz CT molecular complexity index is 967. The second-order valence-corrected chi connectivity index (χ2v) is 8.65. The normalized spacial score (nSPS) is 15.0. The lowest BCUT2D eigenvalue weighted by Crippen LogP contribution is -2.27. The summed E-state index contributed by atoms with van der Waals surface area (Å²) in [5.41, 5.74) is 3.26. The zero-order valence-corrected chi connectivity index (χ0v) is 18.9. The van der Waals surface area contributed by atoms with Crippen LogP contribution in [0.15, 0.2) is 60.0 Å². The fraction of sp³-hybridized carbons (Fsp3) is 0.250. The fourth-order valence-corrected chi connectivity index (χ4v) is 4.17. The predicted molar refractivity (Wildman–Crippen MR) is 128 cm³/mol. The highest BCUT2D eigenvalue weighted by Crippen LogP contribution is 2.32. The molecule has 0 atom stereocenters. The van der Waals surface area contributed by atoms with Crippen LogP contribution in [0.25, 0.3) is 6.08 Å². The minimum absolute atomic E-state index is 0.0749. The molecule has 2 aromatic rings. The third kappa shape index (κ3) is 5.74. The van der Waals surface area contributed by atoms with Gasteiger partial charge in [0.25, 0.3) is 5.91 Å². The number of hydrogen-bond acceptors (Lipinski definition) is 5. The topological polar surface area (TPSA) is 38.8 Å². The lowest BCUT2D eigenvalue weighted by atomic mass is 10.1. The Balaban J connectivity index is 1.47. The van der Waals surface area contributed by atoms with E-state index in [1.54, 1.807) is 11.0 Å². The molecule has 0 bridgehead atoms. The summed E-state index contributed by atoms with van der Waals surface area (Å²) in [5.74, 6) is 1.64. The maximum atomic E-state index is 12.4. The first kappa shape index (κ1) is 22.1. The van der Waals surface area contributed by atoms with E-state index < -0.39 is 0 Å². The van der Waals surface area contributed by atoms with Crippen molar-refractivity contribution in [3.8, 4) is 11.5 Å². The molecule has 1 aliphatic heterocycles. The molecule has 3 rings (SSSR count). The Kier molecular flexibility index (Phi) is 7.71. The summed E-state index contributed by atoms with van der Waals surface area (Å²) >= 11 is 6.58. The zero-order valence-electron chi connectivity index (χ0n) is 17.2. The Hall–Kier alpha value is -2.57. The van der Waals surface area contributed by atoms with Gasteiger partial charge in [0.15, 0.2) is 0 Å². The van der Waals surface area contributed by atoms with Gasteiger partial charge in [-0.05, 0) is 54.8 Å². The monoisotopic (exact) mass is 439 g/mol. The van der Waals surface area contributed by atoms with Crippen molar-refractivity contribution in [3.05, 3.63) is 76.7 Å². The maximum absolute atomic E-state index is 12.4. The number of ether oxygens (including phenoxy) is 2. The number of amides is 1. The van der Waals surface area contributed by atoms with Gasteiger partial charge in [0.1, 0.15) is 15.8 Å². The van der Waals surface area contributed by atoms with Crippen LogP contribution in [0.2, 0.25) is 0 Å². The van der Waals surface area contributed by atoms with Crippen molar-refractivity contribution >= 4 is 40.3 Å². The van der Waals surface area contributed by atoms with Crippen molar-refractivity contribution in [1.82, 2.24) is 4.90 Å². The van der Waals surface area contributed by atoms with Crippen LogP contribution in [0, 0.1) is 13.8 Å². The molecule has 0 spiro atoms. The second-order valence-electron chi connectivity index (χ2n) is 6.97. The maximum Gasteiger partial charge on any atom is 0.266 e. The quantitative estimate of drug-likeness (QED) is 0.222. The number of thioether (sulfide) groups is 1. The van der Waals surface area contributed by atoms with Gasteiger partial charge in [0, 0.05) is 13.0 Å². The van der Waals surface area contributed by atoms with Gasteiger partial charge in [-0.25, -0.2) is 0 Å². The summed E-state index contributed by atoms with van der Waals surface area (Å²) in [4.78, 5) is 14.6. The van der Waals surface area contributed by atoms with E-state index in [0.717, 1.165) is 29.0 Å². The Morgan fingerprint density at radius 1 is 1.10 bits per heavy atom. The molecule has 6 heteroatoms. The van der Waals surface area contributed by atoms with Crippen LogP contribution in [0.3, 0.4) is 0 Å². The molecule has 0 aliphatic carbocycles. The van der Waals surface area contributed by atoms with Gasteiger partial charge in [0.2, 0.25) is 0 Å². The van der Waals surface area contributed by atoms with Gasteiger partial charge < -0.3 is 9.47 Å². The van der Waals surface area contributed by atoms with E-state index in [1.165, 1.54) is 17.3 Å². The number of carbonyl (C=O) groups is 1. The van der Waals surface area contributed by atoms with Crippen molar-refractivity contribution in [3.63, 3.8) is 0 Å². The lowest BCUT2D eigenvalue weighted by molar-refractivity contribution is -0.121. The van der Waals surface area contributed by atoms with Crippen LogP contribution in [0.5, 0.6) is 11.5 Å². The van der Waals surface area contributed by atoms with E-state index >= 15 is 0 Å². The van der Waals surface area contributed by atoms with E-state index in [-0.39, 0.29) is 5.91 Å².